The summed E-state index contributed by atoms with van der Waals surface area (Å²) in [7, 11) is 1.66. The quantitative estimate of drug-likeness (QED) is 0.901. The molecule has 2 heteroatoms. The molecule has 2 aromatic rings. The lowest BCUT2D eigenvalue weighted by Crippen LogP contribution is -2.14. The van der Waals surface area contributed by atoms with Gasteiger partial charge in [0.25, 0.3) is 0 Å². The van der Waals surface area contributed by atoms with Crippen molar-refractivity contribution in [3.63, 3.8) is 0 Å². The van der Waals surface area contributed by atoms with Crippen LogP contribution in [0.2, 0.25) is 0 Å². The Morgan fingerprint density at radius 1 is 0.900 bits per heavy atom. The van der Waals surface area contributed by atoms with Crippen LogP contribution < -0.4 is 4.74 Å². The minimum atomic E-state index is -0.356. The molecule has 2 nitrogen and oxygen atoms in total. The zero-order valence-electron chi connectivity index (χ0n) is 12.4. The molecule has 20 heavy (non-hydrogen) atoms. The smallest absolute Gasteiger partial charge is 0.118 e. The molecule has 0 bridgehead atoms. The highest BCUT2D eigenvalue weighted by molar-refractivity contribution is 5.31. The molecule has 0 aliphatic carbocycles. The van der Waals surface area contributed by atoms with E-state index in [9.17, 15) is 5.11 Å². The fourth-order valence-corrected chi connectivity index (χ4v) is 2.31. The van der Waals surface area contributed by atoms with Crippen molar-refractivity contribution in [3.8, 4) is 5.75 Å². The fourth-order valence-electron chi connectivity index (χ4n) is 2.31. The van der Waals surface area contributed by atoms with Gasteiger partial charge in [0.15, 0.2) is 0 Å². The summed E-state index contributed by atoms with van der Waals surface area (Å²) >= 11 is 0. The third-order valence-electron chi connectivity index (χ3n) is 3.67. The lowest BCUT2D eigenvalue weighted by molar-refractivity contribution is 0.175. The summed E-state index contributed by atoms with van der Waals surface area (Å²) < 4.78 is 5.13. The zero-order chi connectivity index (χ0) is 14.5. The molecule has 1 atom stereocenters. The van der Waals surface area contributed by atoms with Crippen LogP contribution in [0.1, 0.15) is 22.3 Å². The van der Waals surface area contributed by atoms with Crippen LogP contribution in [-0.2, 0) is 12.8 Å². The van der Waals surface area contributed by atoms with Crippen LogP contribution in [0.15, 0.2) is 42.5 Å². The van der Waals surface area contributed by atoms with E-state index in [4.69, 9.17) is 4.74 Å². The standard InChI is InChI=1S/C18H22O2/c1-13-4-5-16(10-14(13)2)12-17(19)11-15-6-8-18(20-3)9-7-15/h4-10,17,19H,11-12H2,1-3H3. The third-order valence-corrected chi connectivity index (χ3v) is 3.67. The molecule has 0 fully saturated rings. The Morgan fingerprint density at radius 2 is 1.50 bits per heavy atom. The molecule has 0 radical (unpaired) electrons. The van der Waals surface area contributed by atoms with Crippen LogP contribution in [0, 0.1) is 13.8 Å². The van der Waals surface area contributed by atoms with Crippen molar-refractivity contribution in [3.05, 3.63) is 64.7 Å². The van der Waals surface area contributed by atoms with E-state index in [2.05, 4.69) is 32.0 Å². The van der Waals surface area contributed by atoms with E-state index in [0.29, 0.717) is 12.8 Å². The van der Waals surface area contributed by atoms with E-state index in [1.54, 1.807) is 7.11 Å². The molecule has 0 aliphatic heterocycles. The molecule has 0 saturated carbocycles. The number of ether oxygens (including phenoxy) is 1. The van der Waals surface area contributed by atoms with E-state index < -0.39 is 0 Å². The van der Waals surface area contributed by atoms with Gasteiger partial charge >= 0.3 is 0 Å². The molecule has 0 amide bonds. The van der Waals surface area contributed by atoms with E-state index in [1.165, 1.54) is 16.7 Å². The van der Waals surface area contributed by atoms with E-state index in [-0.39, 0.29) is 6.10 Å². The molecule has 2 aromatic carbocycles. The third kappa shape index (κ3) is 3.84. The number of benzene rings is 2. The van der Waals surface area contributed by atoms with Gasteiger partial charge in [-0.05, 0) is 61.1 Å². The largest absolute Gasteiger partial charge is 0.497 e. The Balaban J connectivity index is 1.97. The van der Waals surface area contributed by atoms with Crippen LogP contribution in [0.25, 0.3) is 0 Å². The summed E-state index contributed by atoms with van der Waals surface area (Å²) in [4.78, 5) is 0. The topological polar surface area (TPSA) is 29.5 Å². The normalized spacial score (nSPS) is 12.2. The molecule has 0 aromatic heterocycles. The average molecular weight is 270 g/mol. The summed E-state index contributed by atoms with van der Waals surface area (Å²) in [6, 6.07) is 14.2. The Hall–Kier alpha value is -1.80. The Morgan fingerprint density at radius 3 is 2.10 bits per heavy atom. The molecular formula is C18H22O2. The van der Waals surface area contributed by atoms with Gasteiger partial charge < -0.3 is 9.84 Å². The number of hydrogen-bond acceptors (Lipinski definition) is 2. The van der Waals surface area contributed by atoms with Gasteiger partial charge in [0, 0.05) is 0 Å². The van der Waals surface area contributed by atoms with Gasteiger partial charge in [0.2, 0.25) is 0 Å². The first-order chi connectivity index (χ1) is 9.58. The number of aliphatic hydroxyl groups is 1. The highest BCUT2D eigenvalue weighted by atomic mass is 16.5. The molecule has 0 heterocycles. The lowest BCUT2D eigenvalue weighted by atomic mass is 9.98. The number of methoxy groups -OCH3 is 1. The van der Waals surface area contributed by atoms with Crippen LogP contribution in [0.5, 0.6) is 5.75 Å². The van der Waals surface area contributed by atoms with Gasteiger partial charge in [-0.3, -0.25) is 0 Å². The molecule has 106 valence electrons. The zero-order valence-corrected chi connectivity index (χ0v) is 12.4. The maximum Gasteiger partial charge on any atom is 0.118 e. The SMILES string of the molecule is COc1ccc(CC(O)Cc2ccc(C)c(C)c2)cc1. The van der Waals surface area contributed by atoms with Gasteiger partial charge in [0.05, 0.1) is 13.2 Å². The summed E-state index contributed by atoms with van der Waals surface area (Å²) in [6.45, 7) is 4.21. The van der Waals surface area contributed by atoms with Crippen molar-refractivity contribution in [2.75, 3.05) is 7.11 Å². The van der Waals surface area contributed by atoms with Crippen molar-refractivity contribution >= 4 is 0 Å². The van der Waals surface area contributed by atoms with Gasteiger partial charge in [0.1, 0.15) is 5.75 Å². The molecule has 1 N–H and O–H groups in total. The minimum Gasteiger partial charge on any atom is -0.497 e. The molecule has 1 unspecified atom stereocenters. The van der Waals surface area contributed by atoms with E-state index >= 15 is 0 Å². The molecule has 0 spiro atoms. The monoisotopic (exact) mass is 270 g/mol. The molecule has 2 rings (SSSR count). The van der Waals surface area contributed by atoms with Gasteiger partial charge in [-0.2, -0.15) is 0 Å². The minimum absolute atomic E-state index is 0.356. The first kappa shape index (κ1) is 14.6. The van der Waals surface area contributed by atoms with Crippen LogP contribution in [0.4, 0.5) is 0 Å². The van der Waals surface area contributed by atoms with Crippen LogP contribution in [-0.4, -0.2) is 18.3 Å². The summed E-state index contributed by atoms with van der Waals surface area (Å²) in [5, 5.41) is 10.2. The predicted molar refractivity (Wildman–Crippen MR) is 82.3 cm³/mol. The predicted octanol–water partition coefficient (Wildman–Crippen LogP) is 3.46. The first-order valence-corrected chi connectivity index (χ1v) is 6.95. The second kappa shape index (κ2) is 6.58. The number of hydrogen-bond donors (Lipinski definition) is 1. The molecule has 0 aliphatic rings. The van der Waals surface area contributed by atoms with Gasteiger partial charge in [-0.1, -0.05) is 30.3 Å². The second-order valence-electron chi connectivity index (χ2n) is 5.33. The average Bonchev–Trinajstić information content (AvgIpc) is 2.44. The Labute approximate surface area is 121 Å². The maximum absolute atomic E-state index is 10.2. The highest BCUT2D eigenvalue weighted by Crippen LogP contribution is 2.16. The van der Waals surface area contributed by atoms with Crippen LogP contribution >= 0.6 is 0 Å². The summed E-state index contributed by atoms with van der Waals surface area (Å²) in [5.74, 6) is 0.845. The maximum atomic E-state index is 10.2. The number of aliphatic hydroxyl groups excluding tert-OH is 1. The van der Waals surface area contributed by atoms with Crippen molar-refractivity contribution < 1.29 is 9.84 Å². The lowest BCUT2D eigenvalue weighted by Gasteiger charge is -2.12. The van der Waals surface area contributed by atoms with Crippen LogP contribution in [0.3, 0.4) is 0 Å². The fraction of sp³-hybridized carbons (Fsp3) is 0.333. The van der Waals surface area contributed by atoms with Crippen molar-refractivity contribution in [2.45, 2.75) is 32.8 Å². The summed E-state index contributed by atoms with van der Waals surface area (Å²) in [5.41, 5.74) is 4.88. The van der Waals surface area contributed by atoms with E-state index in [1.807, 2.05) is 24.3 Å². The van der Waals surface area contributed by atoms with Gasteiger partial charge in [-0.15, -0.1) is 0 Å². The number of aryl methyl sites for hydroxylation is 2. The second-order valence-corrected chi connectivity index (χ2v) is 5.33. The van der Waals surface area contributed by atoms with Gasteiger partial charge in [-0.25, -0.2) is 0 Å². The van der Waals surface area contributed by atoms with E-state index in [0.717, 1.165) is 11.3 Å². The first-order valence-electron chi connectivity index (χ1n) is 6.95. The summed E-state index contributed by atoms with van der Waals surface area (Å²) in [6.07, 6.45) is 0.995. The number of rotatable bonds is 5. The molecular weight excluding hydrogens is 248 g/mol. The van der Waals surface area contributed by atoms with Crippen molar-refractivity contribution in [1.29, 1.82) is 0 Å². The Kier molecular flexibility index (Phi) is 4.80. The van der Waals surface area contributed by atoms with Crippen molar-refractivity contribution in [1.82, 2.24) is 0 Å². The Bertz CT molecular complexity index is 558. The highest BCUT2D eigenvalue weighted by Gasteiger charge is 2.08. The van der Waals surface area contributed by atoms with Crippen molar-refractivity contribution in [2.24, 2.45) is 0 Å². The molecule has 0 saturated heterocycles.